The molecule has 0 aromatic carbocycles. The SMILES string of the molecule is Cn1cccc1Cc1nnc(SCn2cc([N+](=O)[O-])cn2)n1C. The summed E-state index contributed by atoms with van der Waals surface area (Å²) < 4.78 is 5.48. The van der Waals surface area contributed by atoms with E-state index in [-0.39, 0.29) is 5.69 Å². The van der Waals surface area contributed by atoms with Crippen LogP contribution in [0.5, 0.6) is 0 Å². The molecule has 3 aromatic heterocycles. The van der Waals surface area contributed by atoms with Gasteiger partial charge in [0.1, 0.15) is 18.2 Å². The van der Waals surface area contributed by atoms with E-state index in [9.17, 15) is 10.1 Å². The number of hydrogen-bond donors (Lipinski definition) is 0. The highest BCUT2D eigenvalue weighted by molar-refractivity contribution is 7.98. The van der Waals surface area contributed by atoms with Gasteiger partial charge in [0, 0.05) is 32.4 Å². The molecule has 0 N–H and O–H groups in total. The van der Waals surface area contributed by atoms with E-state index in [1.807, 2.05) is 41.6 Å². The Morgan fingerprint density at radius 3 is 2.83 bits per heavy atom. The molecule has 0 aliphatic heterocycles. The molecule has 0 saturated heterocycles. The van der Waals surface area contributed by atoms with E-state index < -0.39 is 4.92 Å². The van der Waals surface area contributed by atoms with Gasteiger partial charge in [0.05, 0.1) is 10.8 Å². The fourth-order valence-corrected chi connectivity index (χ4v) is 2.89. The zero-order valence-electron chi connectivity index (χ0n) is 12.7. The topological polar surface area (TPSA) is 96.6 Å². The molecule has 0 aliphatic carbocycles. The first kappa shape index (κ1) is 15.3. The number of aryl methyl sites for hydroxylation is 1. The monoisotopic (exact) mass is 333 g/mol. The van der Waals surface area contributed by atoms with Gasteiger partial charge in [-0.15, -0.1) is 10.2 Å². The zero-order valence-corrected chi connectivity index (χ0v) is 13.5. The molecule has 0 aliphatic rings. The van der Waals surface area contributed by atoms with Crippen molar-refractivity contribution in [3.05, 3.63) is 52.4 Å². The lowest BCUT2D eigenvalue weighted by atomic mass is 10.3. The Morgan fingerprint density at radius 1 is 1.35 bits per heavy atom. The normalized spacial score (nSPS) is 11.0. The summed E-state index contributed by atoms with van der Waals surface area (Å²) in [4.78, 5) is 10.2. The van der Waals surface area contributed by atoms with Gasteiger partial charge in [0.15, 0.2) is 5.16 Å². The van der Waals surface area contributed by atoms with Crippen molar-refractivity contribution in [3.8, 4) is 0 Å². The summed E-state index contributed by atoms with van der Waals surface area (Å²) in [5.74, 6) is 1.30. The highest BCUT2D eigenvalue weighted by Gasteiger charge is 2.13. The van der Waals surface area contributed by atoms with Crippen LogP contribution >= 0.6 is 11.8 Å². The molecule has 0 spiro atoms. The van der Waals surface area contributed by atoms with Gasteiger partial charge in [-0.2, -0.15) is 5.10 Å². The van der Waals surface area contributed by atoms with Crippen molar-refractivity contribution in [2.24, 2.45) is 14.1 Å². The molecule has 10 heteroatoms. The van der Waals surface area contributed by atoms with Gasteiger partial charge in [-0.05, 0) is 12.1 Å². The predicted molar refractivity (Wildman–Crippen MR) is 84.0 cm³/mol. The third-order valence-corrected chi connectivity index (χ3v) is 4.48. The number of aromatic nitrogens is 6. The maximum atomic E-state index is 10.6. The van der Waals surface area contributed by atoms with Crippen molar-refractivity contribution < 1.29 is 4.92 Å². The molecule has 0 fully saturated rings. The zero-order chi connectivity index (χ0) is 16.4. The molecule has 0 unspecified atom stereocenters. The van der Waals surface area contributed by atoms with Crippen molar-refractivity contribution in [2.45, 2.75) is 17.5 Å². The summed E-state index contributed by atoms with van der Waals surface area (Å²) in [7, 11) is 3.90. The van der Waals surface area contributed by atoms with E-state index in [0.29, 0.717) is 12.3 Å². The molecular formula is C13H15N7O2S. The van der Waals surface area contributed by atoms with E-state index in [1.54, 1.807) is 0 Å². The van der Waals surface area contributed by atoms with E-state index in [1.165, 1.54) is 28.8 Å². The minimum absolute atomic E-state index is 0.0204. The summed E-state index contributed by atoms with van der Waals surface area (Å²) >= 11 is 1.42. The van der Waals surface area contributed by atoms with E-state index in [0.717, 1.165) is 16.7 Å². The Balaban J connectivity index is 1.67. The van der Waals surface area contributed by atoms with Crippen LogP contribution in [0.4, 0.5) is 5.69 Å². The standard InChI is InChI=1S/C13H15N7O2S/c1-17-5-3-4-10(17)6-12-15-16-13(18(12)2)23-9-19-8-11(7-14-19)20(21)22/h3-5,7-8H,6,9H2,1-2H3. The van der Waals surface area contributed by atoms with Crippen LogP contribution in [-0.4, -0.2) is 34.0 Å². The first-order valence-corrected chi connectivity index (χ1v) is 7.81. The molecule has 9 nitrogen and oxygen atoms in total. The number of nitro groups is 1. The van der Waals surface area contributed by atoms with Crippen molar-refractivity contribution in [2.75, 3.05) is 0 Å². The van der Waals surface area contributed by atoms with Gasteiger partial charge < -0.3 is 9.13 Å². The Kier molecular flexibility index (Phi) is 4.15. The lowest BCUT2D eigenvalue weighted by molar-refractivity contribution is -0.385. The lowest BCUT2D eigenvalue weighted by Crippen LogP contribution is -2.04. The Bertz CT molecular complexity index is 835. The van der Waals surface area contributed by atoms with Crippen LogP contribution in [0.1, 0.15) is 11.5 Å². The first-order chi connectivity index (χ1) is 11.0. The van der Waals surface area contributed by atoms with Gasteiger partial charge >= 0.3 is 5.69 Å². The largest absolute Gasteiger partial charge is 0.354 e. The smallest absolute Gasteiger partial charge is 0.307 e. The fourth-order valence-electron chi connectivity index (χ4n) is 2.11. The number of nitrogens with zero attached hydrogens (tertiary/aromatic N) is 7. The van der Waals surface area contributed by atoms with Gasteiger partial charge in [0.2, 0.25) is 0 Å². The molecule has 3 aromatic rings. The highest BCUT2D eigenvalue weighted by Crippen LogP contribution is 2.20. The molecule has 0 atom stereocenters. The third kappa shape index (κ3) is 3.26. The van der Waals surface area contributed by atoms with Crippen LogP contribution in [0.2, 0.25) is 0 Å². The molecule has 0 saturated carbocycles. The van der Waals surface area contributed by atoms with Gasteiger partial charge in [-0.3, -0.25) is 14.8 Å². The van der Waals surface area contributed by atoms with Gasteiger partial charge in [-0.1, -0.05) is 11.8 Å². The molecule has 0 bridgehead atoms. The van der Waals surface area contributed by atoms with Crippen LogP contribution in [0, 0.1) is 10.1 Å². The predicted octanol–water partition coefficient (Wildman–Crippen LogP) is 1.60. The van der Waals surface area contributed by atoms with Crippen LogP contribution in [-0.2, 0) is 26.4 Å². The number of thioether (sulfide) groups is 1. The minimum Gasteiger partial charge on any atom is -0.354 e. The van der Waals surface area contributed by atoms with Gasteiger partial charge in [0.25, 0.3) is 0 Å². The molecule has 3 heterocycles. The lowest BCUT2D eigenvalue weighted by Gasteiger charge is -2.05. The molecule has 0 amide bonds. The first-order valence-electron chi connectivity index (χ1n) is 6.82. The Labute approximate surface area is 136 Å². The van der Waals surface area contributed by atoms with Crippen molar-refractivity contribution >= 4 is 17.4 Å². The summed E-state index contributed by atoms with van der Waals surface area (Å²) in [5.41, 5.74) is 1.13. The molecule has 0 radical (unpaired) electrons. The highest BCUT2D eigenvalue weighted by atomic mass is 32.2. The van der Waals surface area contributed by atoms with Crippen LogP contribution in [0.15, 0.2) is 35.9 Å². The van der Waals surface area contributed by atoms with Crippen LogP contribution in [0.3, 0.4) is 0 Å². The van der Waals surface area contributed by atoms with Crippen molar-refractivity contribution in [1.82, 2.24) is 29.1 Å². The maximum Gasteiger partial charge on any atom is 0.307 e. The van der Waals surface area contributed by atoms with Crippen molar-refractivity contribution in [1.29, 1.82) is 0 Å². The maximum absolute atomic E-state index is 10.6. The van der Waals surface area contributed by atoms with E-state index >= 15 is 0 Å². The number of rotatable bonds is 6. The minimum atomic E-state index is -0.464. The average Bonchev–Trinajstić information content (AvgIpc) is 3.21. The number of hydrogen-bond acceptors (Lipinski definition) is 6. The van der Waals surface area contributed by atoms with Gasteiger partial charge in [-0.25, -0.2) is 0 Å². The Morgan fingerprint density at radius 2 is 2.17 bits per heavy atom. The molecule has 3 rings (SSSR count). The summed E-state index contributed by atoms with van der Waals surface area (Å²) in [6.45, 7) is 0. The second kappa shape index (κ2) is 6.24. The molecule has 23 heavy (non-hydrogen) atoms. The molecule has 120 valence electrons. The second-order valence-electron chi connectivity index (χ2n) is 5.01. The third-order valence-electron chi connectivity index (χ3n) is 3.47. The quantitative estimate of drug-likeness (QED) is 0.386. The molecular weight excluding hydrogens is 318 g/mol. The van der Waals surface area contributed by atoms with Crippen molar-refractivity contribution in [3.63, 3.8) is 0 Å². The van der Waals surface area contributed by atoms with Crippen LogP contribution < -0.4 is 0 Å². The van der Waals surface area contributed by atoms with E-state index in [4.69, 9.17) is 0 Å². The summed E-state index contributed by atoms with van der Waals surface area (Å²) in [6.07, 6.45) is 5.32. The summed E-state index contributed by atoms with van der Waals surface area (Å²) in [5, 5.41) is 23.7. The average molecular weight is 333 g/mol. The van der Waals surface area contributed by atoms with Crippen LogP contribution in [0.25, 0.3) is 0 Å². The second-order valence-corrected chi connectivity index (χ2v) is 5.93. The summed E-state index contributed by atoms with van der Waals surface area (Å²) in [6, 6.07) is 4.04. The van der Waals surface area contributed by atoms with E-state index in [2.05, 4.69) is 15.3 Å². The fraction of sp³-hybridized carbons (Fsp3) is 0.308. The Hall–Kier alpha value is -2.62.